The van der Waals surface area contributed by atoms with Gasteiger partial charge in [-0.05, 0) is 68.1 Å². The van der Waals surface area contributed by atoms with Gasteiger partial charge < -0.3 is 24.4 Å². The van der Waals surface area contributed by atoms with Crippen LogP contribution in [0.15, 0.2) is 48.5 Å². The van der Waals surface area contributed by atoms with E-state index in [2.05, 4.69) is 5.32 Å². The van der Waals surface area contributed by atoms with Gasteiger partial charge in [0.15, 0.2) is 0 Å². The largest absolute Gasteiger partial charge is 0.497 e. The van der Waals surface area contributed by atoms with E-state index in [0.29, 0.717) is 26.0 Å². The molecule has 1 aliphatic carbocycles. The zero-order valence-corrected chi connectivity index (χ0v) is 21.1. The third-order valence-corrected chi connectivity index (χ3v) is 6.47. The van der Waals surface area contributed by atoms with Crippen molar-refractivity contribution in [3.8, 4) is 17.2 Å². The predicted molar refractivity (Wildman–Crippen MR) is 136 cm³/mol. The minimum atomic E-state index is -0.571. The highest BCUT2D eigenvalue weighted by atomic mass is 16.5. The molecule has 0 saturated heterocycles. The van der Waals surface area contributed by atoms with Gasteiger partial charge in [0.05, 0.1) is 20.8 Å². The maximum absolute atomic E-state index is 13.3. The third-order valence-electron chi connectivity index (χ3n) is 6.47. The zero-order valence-electron chi connectivity index (χ0n) is 21.1. The van der Waals surface area contributed by atoms with E-state index in [9.17, 15) is 9.59 Å². The first-order chi connectivity index (χ1) is 17.0. The van der Waals surface area contributed by atoms with Crippen LogP contribution in [0.25, 0.3) is 0 Å². The van der Waals surface area contributed by atoms with Crippen LogP contribution in [-0.4, -0.2) is 49.6 Å². The Hall–Kier alpha value is -3.22. The molecule has 2 amide bonds. The first-order valence-electron chi connectivity index (χ1n) is 12.5. The molecule has 190 valence electrons. The second-order valence-electron chi connectivity index (χ2n) is 9.02. The lowest BCUT2D eigenvalue weighted by Gasteiger charge is -2.31. The monoisotopic (exact) mass is 482 g/mol. The number of rotatable bonds is 12. The quantitative estimate of drug-likeness (QED) is 0.443. The Labute approximate surface area is 208 Å². The lowest BCUT2D eigenvalue weighted by Crippen LogP contribution is -2.50. The average Bonchev–Trinajstić information content (AvgIpc) is 2.90. The second-order valence-corrected chi connectivity index (χ2v) is 9.02. The van der Waals surface area contributed by atoms with Gasteiger partial charge >= 0.3 is 0 Å². The number of nitrogens with zero attached hydrogens (tertiary/aromatic N) is 1. The fourth-order valence-corrected chi connectivity index (χ4v) is 4.35. The Bertz CT molecular complexity index is 941. The molecule has 3 rings (SSSR count). The molecule has 1 saturated carbocycles. The Morgan fingerprint density at radius 3 is 2.34 bits per heavy atom. The van der Waals surface area contributed by atoms with Gasteiger partial charge in [0.1, 0.15) is 23.3 Å². The van der Waals surface area contributed by atoms with Crippen LogP contribution in [-0.2, 0) is 16.1 Å². The Balaban J connectivity index is 1.60. The van der Waals surface area contributed by atoms with Crippen LogP contribution >= 0.6 is 0 Å². The molecule has 1 N–H and O–H groups in total. The van der Waals surface area contributed by atoms with Gasteiger partial charge in [-0.25, -0.2) is 0 Å². The summed E-state index contributed by atoms with van der Waals surface area (Å²) in [6, 6.07) is 14.6. The summed E-state index contributed by atoms with van der Waals surface area (Å²) in [4.78, 5) is 28.0. The summed E-state index contributed by atoms with van der Waals surface area (Å²) in [5.41, 5.74) is 0.921. The molecule has 0 bridgehead atoms. The SMILES string of the molecule is COc1ccc(OCCCC(=O)N(Cc2cccc(OC)c2)C(C)C(=O)NC2CCCCC2)cc1. The molecule has 7 heteroatoms. The number of carbonyl (C=O) groups is 2. The van der Waals surface area contributed by atoms with Crippen molar-refractivity contribution in [2.24, 2.45) is 0 Å². The van der Waals surface area contributed by atoms with Crippen LogP contribution in [0.5, 0.6) is 17.2 Å². The van der Waals surface area contributed by atoms with E-state index in [1.54, 1.807) is 19.1 Å². The van der Waals surface area contributed by atoms with Gasteiger partial charge in [-0.15, -0.1) is 0 Å². The Morgan fingerprint density at radius 2 is 1.66 bits per heavy atom. The van der Waals surface area contributed by atoms with Crippen molar-refractivity contribution in [3.05, 3.63) is 54.1 Å². The van der Waals surface area contributed by atoms with Crippen LogP contribution < -0.4 is 19.5 Å². The summed E-state index contributed by atoms with van der Waals surface area (Å²) in [5.74, 6) is 2.05. The lowest BCUT2D eigenvalue weighted by atomic mass is 9.95. The van der Waals surface area contributed by atoms with E-state index in [1.807, 2.05) is 55.5 Å². The van der Waals surface area contributed by atoms with Crippen molar-refractivity contribution in [2.45, 2.75) is 70.5 Å². The predicted octanol–water partition coefficient (Wildman–Crippen LogP) is 4.73. The summed E-state index contributed by atoms with van der Waals surface area (Å²) in [7, 11) is 3.24. The lowest BCUT2D eigenvalue weighted by molar-refractivity contribution is -0.141. The first-order valence-corrected chi connectivity index (χ1v) is 12.5. The highest BCUT2D eigenvalue weighted by Crippen LogP contribution is 2.20. The average molecular weight is 483 g/mol. The maximum atomic E-state index is 13.3. The van der Waals surface area contributed by atoms with E-state index in [4.69, 9.17) is 14.2 Å². The fourth-order valence-electron chi connectivity index (χ4n) is 4.35. The summed E-state index contributed by atoms with van der Waals surface area (Å²) in [6.07, 6.45) is 6.36. The molecule has 1 fully saturated rings. The molecule has 0 aliphatic heterocycles. The zero-order chi connectivity index (χ0) is 25.0. The standard InChI is InChI=1S/C28H38N2O5/c1-21(28(32)29-23-10-5-4-6-11-23)30(20-22-9-7-12-26(19-22)34-3)27(31)13-8-18-35-25-16-14-24(33-2)15-17-25/h7,9,12,14-17,19,21,23H,4-6,8,10-11,13,18,20H2,1-3H3,(H,29,32). The molecule has 2 aromatic rings. The second kappa shape index (κ2) is 13.6. The molecule has 0 heterocycles. The minimum absolute atomic E-state index is 0.0718. The minimum Gasteiger partial charge on any atom is -0.497 e. The van der Waals surface area contributed by atoms with Crippen LogP contribution in [0.4, 0.5) is 0 Å². The molecule has 1 aliphatic rings. The molecule has 2 aromatic carbocycles. The van der Waals surface area contributed by atoms with Crippen molar-refractivity contribution in [1.29, 1.82) is 0 Å². The maximum Gasteiger partial charge on any atom is 0.242 e. The number of nitrogens with one attached hydrogen (secondary N) is 1. The van der Waals surface area contributed by atoms with Gasteiger partial charge in [-0.2, -0.15) is 0 Å². The van der Waals surface area contributed by atoms with E-state index in [-0.39, 0.29) is 17.9 Å². The molecule has 0 spiro atoms. The number of hydrogen-bond donors (Lipinski definition) is 1. The van der Waals surface area contributed by atoms with Crippen molar-refractivity contribution >= 4 is 11.8 Å². The van der Waals surface area contributed by atoms with E-state index >= 15 is 0 Å². The number of amides is 2. The van der Waals surface area contributed by atoms with Crippen LogP contribution in [0.1, 0.15) is 57.4 Å². The molecule has 0 aromatic heterocycles. The van der Waals surface area contributed by atoms with E-state index < -0.39 is 6.04 Å². The smallest absolute Gasteiger partial charge is 0.242 e. The molecule has 35 heavy (non-hydrogen) atoms. The van der Waals surface area contributed by atoms with Crippen molar-refractivity contribution in [3.63, 3.8) is 0 Å². The van der Waals surface area contributed by atoms with Gasteiger partial charge in [0, 0.05) is 19.0 Å². The van der Waals surface area contributed by atoms with Crippen LogP contribution in [0.2, 0.25) is 0 Å². The highest BCUT2D eigenvalue weighted by molar-refractivity contribution is 5.87. The molecule has 1 unspecified atom stereocenters. The summed E-state index contributed by atoms with van der Waals surface area (Å²) < 4.78 is 16.3. The Kier molecular flexibility index (Phi) is 10.3. The number of ether oxygens (including phenoxy) is 3. The molecule has 0 radical (unpaired) electrons. The van der Waals surface area contributed by atoms with Crippen LogP contribution in [0, 0.1) is 0 Å². The van der Waals surface area contributed by atoms with Gasteiger partial charge in [0.25, 0.3) is 0 Å². The number of carbonyl (C=O) groups excluding carboxylic acids is 2. The summed E-state index contributed by atoms with van der Waals surface area (Å²) in [6.45, 7) is 2.56. The molecule has 7 nitrogen and oxygen atoms in total. The first kappa shape index (κ1) is 26.4. The third kappa shape index (κ3) is 8.19. The van der Waals surface area contributed by atoms with Gasteiger partial charge in [-0.3, -0.25) is 9.59 Å². The van der Waals surface area contributed by atoms with Crippen molar-refractivity contribution < 1.29 is 23.8 Å². The topological polar surface area (TPSA) is 77.1 Å². The number of benzene rings is 2. The van der Waals surface area contributed by atoms with Crippen molar-refractivity contribution in [2.75, 3.05) is 20.8 Å². The molecular formula is C28H38N2O5. The Morgan fingerprint density at radius 1 is 0.971 bits per heavy atom. The fraction of sp³-hybridized carbons (Fsp3) is 0.500. The normalized spacial score (nSPS) is 14.6. The molecule has 1 atom stereocenters. The van der Waals surface area contributed by atoms with E-state index in [0.717, 1.165) is 48.5 Å². The van der Waals surface area contributed by atoms with Crippen molar-refractivity contribution in [1.82, 2.24) is 10.2 Å². The van der Waals surface area contributed by atoms with Gasteiger partial charge in [0.2, 0.25) is 11.8 Å². The van der Waals surface area contributed by atoms with E-state index in [1.165, 1.54) is 6.42 Å². The highest BCUT2D eigenvalue weighted by Gasteiger charge is 2.28. The number of hydrogen-bond acceptors (Lipinski definition) is 5. The number of methoxy groups -OCH3 is 2. The van der Waals surface area contributed by atoms with Gasteiger partial charge in [-0.1, -0.05) is 31.4 Å². The summed E-state index contributed by atoms with van der Waals surface area (Å²) >= 11 is 0. The summed E-state index contributed by atoms with van der Waals surface area (Å²) in [5, 5.41) is 3.17. The molecular weight excluding hydrogens is 444 g/mol. The van der Waals surface area contributed by atoms with Crippen LogP contribution in [0.3, 0.4) is 0 Å².